The Hall–Kier alpha value is -1.84. The summed E-state index contributed by atoms with van der Waals surface area (Å²) in [5, 5.41) is 0. The number of aromatic nitrogens is 2. The van der Waals surface area contributed by atoms with Gasteiger partial charge in [0, 0.05) is 25.1 Å². The number of hydrogen-bond acceptors (Lipinski definition) is 2. The van der Waals surface area contributed by atoms with Crippen molar-refractivity contribution in [3.05, 3.63) is 35.8 Å². The zero-order valence-corrected chi connectivity index (χ0v) is 12.3. The Bertz CT molecular complexity index is 670. The molecular formula is C17H21N3O. The largest absolute Gasteiger partial charge is 0.336 e. The normalized spacial score (nSPS) is 19.7. The number of carbonyl (C=O) groups excluding carboxylic acids is 1. The minimum atomic E-state index is 0.263. The van der Waals surface area contributed by atoms with Crippen LogP contribution in [0.4, 0.5) is 0 Å². The summed E-state index contributed by atoms with van der Waals surface area (Å²) in [5.41, 5.74) is 3.35. The monoisotopic (exact) mass is 283 g/mol. The van der Waals surface area contributed by atoms with Crippen molar-refractivity contribution in [2.45, 2.75) is 45.1 Å². The summed E-state index contributed by atoms with van der Waals surface area (Å²) >= 11 is 0. The molecule has 4 heteroatoms. The highest BCUT2D eigenvalue weighted by Gasteiger charge is 2.30. The van der Waals surface area contributed by atoms with Crippen LogP contribution in [-0.4, -0.2) is 26.7 Å². The molecule has 0 saturated heterocycles. The molecule has 3 heterocycles. The third kappa shape index (κ3) is 2.23. The summed E-state index contributed by atoms with van der Waals surface area (Å²) in [6.07, 6.45) is 8.81. The van der Waals surface area contributed by atoms with Gasteiger partial charge in [0.2, 0.25) is 5.91 Å². The third-order valence-electron chi connectivity index (χ3n) is 4.94. The van der Waals surface area contributed by atoms with E-state index in [0.29, 0.717) is 5.91 Å². The first kappa shape index (κ1) is 12.9. The van der Waals surface area contributed by atoms with Gasteiger partial charge in [-0.15, -0.1) is 0 Å². The van der Waals surface area contributed by atoms with E-state index in [4.69, 9.17) is 0 Å². The van der Waals surface area contributed by atoms with E-state index in [1.165, 1.54) is 25.0 Å². The second kappa shape index (κ2) is 5.17. The van der Waals surface area contributed by atoms with Gasteiger partial charge in [0.15, 0.2) is 0 Å². The zero-order valence-electron chi connectivity index (χ0n) is 12.3. The van der Waals surface area contributed by atoms with Crippen LogP contribution in [0.2, 0.25) is 0 Å². The number of carbonyl (C=O) groups is 1. The lowest BCUT2D eigenvalue weighted by Gasteiger charge is -2.31. The quantitative estimate of drug-likeness (QED) is 0.807. The van der Waals surface area contributed by atoms with Crippen LogP contribution < -0.4 is 0 Å². The molecule has 0 radical (unpaired) electrons. The number of rotatable bonds is 1. The highest BCUT2D eigenvalue weighted by Crippen LogP contribution is 2.28. The lowest BCUT2D eigenvalue weighted by atomic mass is 9.88. The third-order valence-corrected chi connectivity index (χ3v) is 4.94. The molecule has 2 aliphatic rings. The zero-order chi connectivity index (χ0) is 14.2. The predicted molar refractivity (Wildman–Crippen MR) is 80.9 cm³/mol. The molecule has 1 aliphatic heterocycles. The van der Waals surface area contributed by atoms with Crippen LogP contribution >= 0.6 is 0 Å². The Morgan fingerprint density at radius 2 is 2.05 bits per heavy atom. The van der Waals surface area contributed by atoms with Gasteiger partial charge in [-0.2, -0.15) is 0 Å². The molecule has 0 bridgehead atoms. The molecule has 2 aromatic heterocycles. The van der Waals surface area contributed by atoms with Gasteiger partial charge < -0.3 is 9.30 Å². The summed E-state index contributed by atoms with van der Waals surface area (Å²) in [6, 6.07) is 6.07. The first-order valence-corrected chi connectivity index (χ1v) is 8.06. The molecule has 110 valence electrons. The fourth-order valence-electron chi connectivity index (χ4n) is 3.76. The maximum atomic E-state index is 12.7. The average molecular weight is 283 g/mol. The van der Waals surface area contributed by atoms with Gasteiger partial charge in [-0.05, 0) is 25.0 Å². The predicted octanol–water partition coefficient (Wildman–Crippen LogP) is 2.80. The molecule has 0 spiro atoms. The molecule has 0 atom stereocenters. The lowest BCUT2D eigenvalue weighted by Crippen LogP contribution is -2.40. The van der Waals surface area contributed by atoms with Crippen molar-refractivity contribution in [3.63, 3.8) is 0 Å². The van der Waals surface area contributed by atoms with Crippen LogP contribution in [0.3, 0.4) is 0 Å². The number of amides is 1. The lowest BCUT2D eigenvalue weighted by molar-refractivity contribution is -0.137. The van der Waals surface area contributed by atoms with E-state index in [1.807, 2.05) is 18.2 Å². The summed E-state index contributed by atoms with van der Waals surface area (Å²) in [4.78, 5) is 19.5. The van der Waals surface area contributed by atoms with E-state index in [2.05, 4.69) is 20.5 Å². The molecular weight excluding hydrogens is 262 g/mol. The SMILES string of the molecule is O=C(C1CCCCC1)N1CCc2nc3ccccn3c2C1. The summed E-state index contributed by atoms with van der Waals surface area (Å²) in [7, 11) is 0. The van der Waals surface area contributed by atoms with Gasteiger partial charge in [0.1, 0.15) is 5.65 Å². The molecule has 1 aliphatic carbocycles. The van der Waals surface area contributed by atoms with Crippen molar-refractivity contribution in [3.8, 4) is 0 Å². The Kier molecular flexibility index (Phi) is 3.17. The molecule has 2 aromatic rings. The van der Waals surface area contributed by atoms with Crippen LogP contribution in [0.25, 0.3) is 5.65 Å². The number of fused-ring (bicyclic) bond motifs is 3. The van der Waals surface area contributed by atoms with Crippen molar-refractivity contribution in [2.24, 2.45) is 5.92 Å². The van der Waals surface area contributed by atoms with E-state index in [-0.39, 0.29) is 5.92 Å². The number of hydrogen-bond donors (Lipinski definition) is 0. The first-order chi connectivity index (χ1) is 10.3. The summed E-state index contributed by atoms with van der Waals surface area (Å²) < 4.78 is 2.13. The van der Waals surface area contributed by atoms with E-state index in [0.717, 1.165) is 43.7 Å². The molecule has 1 amide bonds. The molecule has 4 rings (SSSR count). The Morgan fingerprint density at radius 1 is 1.19 bits per heavy atom. The van der Waals surface area contributed by atoms with Gasteiger partial charge in [-0.3, -0.25) is 4.79 Å². The standard InChI is InChI=1S/C17H21N3O/c21-17(13-6-2-1-3-7-13)19-11-9-14-15(12-19)20-10-5-4-8-16(20)18-14/h4-5,8,10,13H,1-3,6-7,9,11-12H2. The fourth-order valence-corrected chi connectivity index (χ4v) is 3.76. The molecule has 0 N–H and O–H groups in total. The van der Waals surface area contributed by atoms with Crippen LogP contribution in [-0.2, 0) is 17.8 Å². The smallest absolute Gasteiger partial charge is 0.226 e. The topological polar surface area (TPSA) is 37.6 Å². The number of imidazole rings is 1. The first-order valence-electron chi connectivity index (χ1n) is 8.06. The van der Waals surface area contributed by atoms with Crippen molar-refractivity contribution >= 4 is 11.6 Å². The second-order valence-electron chi connectivity index (χ2n) is 6.28. The maximum absolute atomic E-state index is 12.7. The van der Waals surface area contributed by atoms with Crippen LogP contribution in [0.15, 0.2) is 24.4 Å². The fraction of sp³-hybridized carbons (Fsp3) is 0.529. The summed E-state index contributed by atoms with van der Waals surface area (Å²) in [6.45, 7) is 1.54. The molecule has 0 aromatic carbocycles. The number of nitrogens with zero attached hydrogens (tertiary/aromatic N) is 3. The van der Waals surface area contributed by atoms with Crippen molar-refractivity contribution in [1.29, 1.82) is 0 Å². The van der Waals surface area contributed by atoms with E-state index in [1.54, 1.807) is 0 Å². The molecule has 1 fully saturated rings. The van der Waals surface area contributed by atoms with Crippen LogP contribution in [0.5, 0.6) is 0 Å². The Balaban J connectivity index is 1.59. The highest BCUT2D eigenvalue weighted by molar-refractivity contribution is 5.79. The maximum Gasteiger partial charge on any atom is 0.226 e. The molecule has 21 heavy (non-hydrogen) atoms. The average Bonchev–Trinajstić information content (AvgIpc) is 2.93. The minimum Gasteiger partial charge on any atom is -0.336 e. The van der Waals surface area contributed by atoms with E-state index >= 15 is 0 Å². The minimum absolute atomic E-state index is 0.263. The summed E-state index contributed by atoms with van der Waals surface area (Å²) in [5.74, 6) is 0.630. The van der Waals surface area contributed by atoms with Crippen molar-refractivity contribution in [1.82, 2.24) is 14.3 Å². The number of pyridine rings is 1. The molecule has 0 unspecified atom stereocenters. The van der Waals surface area contributed by atoms with Crippen LogP contribution in [0, 0.1) is 5.92 Å². The van der Waals surface area contributed by atoms with Crippen molar-refractivity contribution in [2.75, 3.05) is 6.54 Å². The highest BCUT2D eigenvalue weighted by atomic mass is 16.2. The van der Waals surface area contributed by atoms with Gasteiger partial charge in [-0.25, -0.2) is 4.98 Å². The van der Waals surface area contributed by atoms with Crippen LogP contribution in [0.1, 0.15) is 43.5 Å². The van der Waals surface area contributed by atoms with Gasteiger partial charge in [-0.1, -0.05) is 25.3 Å². The van der Waals surface area contributed by atoms with Crippen molar-refractivity contribution < 1.29 is 4.79 Å². The Labute approximate surface area is 124 Å². The van der Waals surface area contributed by atoms with Gasteiger partial charge in [0.05, 0.1) is 17.9 Å². The molecule has 1 saturated carbocycles. The van der Waals surface area contributed by atoms with Gasteiger partial charge in [0.25, 0.3) is 0 Å². The van der Waals surface area contributed by atoms with E-state index in [9.17, 15) is 4.79 Å². The molecule has 4 nitrogen and oxygen atoms in total. The second-order valence-corrected chi connectivity index (χ2v) is 6.28. The van der Waals surface area contributed by atoms with Gasteiger partial charge >= 0.3 is 0 Å². The Morgan fingerprint density at radius 3 is 2.90 bits per heavy atom. The van der Waals surface area contributed by atoms with E-state index < -0.39 is 0 Å².